The molecule has 4 heteroatoms. The van der Waals surface area contributed by atoms with Crippen LogP contribution in [0.25, 0.3) is 0 Å². The van der Waals surface area contributed by atoms with E-state index in [0.29, 0.717) is 6.54 Å². The minimum atomic E-state index is -0.276. The third kappa shape index (κ3) is 2.99. The third-order valence-corrected chi connectivity index (χ3v) is 4.16. The Labute approximate surface area is 103 Å². The van der Waals surface area contributed by atoms with Crippen molar-refractivity contribution in [3.8, 4) is 0 Å². The maximum Gasteiger partial charge on any atom is 0.249 e. The zero-order valence-electron chi connectivity index (χ0n) is 10.6. The second-order valence-corrected chi connectivity index (χ2v) is 5.60. The number of nitrogens with one attached hydrogen (secondary N) is 1. The van der Waals surface area contributed by atoms with Crippen molar-refractivity contribution in [2.75, 3.05) is 13.2 Å². The summed E-state index contributed by atoms with van der Waals surface area (Å²) in [6.07, 6.45) is 6.06. The Kier molecular flexibility index (Phi) is 4.05. The maximum atomic E-state index is 11.9. The number of hydrogen-bond acceptors (Lipinski definition) is 3. The van der Waals surface area contributed by atoms with Crippen LogP contribution in [0.1, 0.15) is 45.4 Å². The Bertz CT molecular complexity index is 274. The molecule has 2 fully saturated rings. The van der Waals surface area contributed by atoms with Gasteiger partial charge in [0.15, 0.2) is 0 Å². The highest BCUT2D eigenvalue weighted by atomic mass is 16.5. The molecule has 0 aromatic rings. The monoisotopic (exact) mass is 241 g/mol. The number of carbonyl (C=O) groups is 1. The van der Waals surface area contributed by atoms with Crippen LogP contribution in [0, 0.1) is 5.41 Å². The van der Waals surface area contributed by atoms with E-state index in [0.717, 1.165) is 38.5 Å². The standard InChI is InChI=1S/C13H23NO3/c1-10-4-5-11(17-10)12(16)14-8-13(9-15)6-2-3-7-13/h10-11,15H,2-9H2,1H3,(H,14,16). The van der Waals surface area contributed by atoms with Crippen LogP contribution in [0.3, 0.4) is 0 Å². The van der Waals surface area contributed by atoms with E-state index in [1.807, 2.05) is 6.92 Å². The molecule has 1 aliphatic carbocycles. The van der Waals surface area contributed by atoms with Crippen LogP contribution in [0.5, 0.6) is 0 Å². The number of amides is 1. The Morgan fingerprint density at radius 2 is 2.12 bits per heavy atom. The molecule has 2 N–H and O–H groups in total. The van der Waals surface area contributed by atoms with Gasteiger partial charge in [-0.15, -0.1) is 0 Å². The first kappa shape index (κ1) is 12.8. The van der Waals surface area contributed by atoms with Crippen LogP contribution in [0.15, 0.2) is 0 Å². The molecule has 1 amide bonds. The molecule has 0 aromatic carbocycles. The minimum Gasteiger partial charge on any atom is -0.396 e. The summed E-state index contributed by atoms with van der Waals surface area (Å²) in [5, 5.41) is 12.4. The lowest BCUT2D eigenvalue weighted by molar-refractivity contribution is -0.132. The van der Waals surface area contributed by atoms with Crippen molar-refractivity contribution in [3.05, 3.63) is 0 Å². The predicted octanol–water partition coefficient (Wildman–Crippen LogP) is 1.22. The molecular formula is C13H23NO3. The van der Waals surface area contributed by atoms with E-state index in [1.165, 1.54) is 0 Å². The lowest BCUT2D eigenvalue weighted by atomic mass is 9.87. The Morgan fingerprint density at radius 3 is 2.65 bits per heavy atom. The molecule has 2 rings (SSSR count). The van der Waals surface area contributed by atoms with E-state index in [2.05, 4.69) is 5.32 Å². The van der Waals surface area contributed by atoms with E-state index < -0.39 is 0 Å². The SMILES string of the molecule is CC1CCC(C(=O)NCC2(CO)CCCC2)O1. The zero-order valence-corrected chi connectivity index (χ0v) is 10.6. The molecule has 1 saturated carbocycles. The molecule has 0 radical (unpaired) electrons. The van der Waals surface area contributed by atoms with Gasteiger partial charge in [0.1, 0.15) is 6.10 Å². The minimum absolute atomic E-state index is 0.00549. The summed E-state index contributed by atoms with van der Waals surface area (Å²) in [6, 6.07) is 0. The predicted molar refractivity (Wildman–Crippen MR) is 64.6 cm³/mol. The Morgan fingerprint density at radius 1 is 1.41 bits per heavy atom. The molecule has 2 aliphatic rings. The first-order chi connectivity index (χ1) is 8.15. The van der Waals surface area contributed by atoms with Gasteiger partial charge >= 0.3 is 0 Å². The number of ether oxygens (including phenoxy) is 1. The van der Waals surface area contributed by atoms with Gasteiger partial charge < -0.3 is 15.2 Å². The lowest BCUT2D eigenvalue weighted by Crippen LogP contribution is -2.42. The molecule has 0 aromatic heterocycles. The topological polar surface area (TPSA) is 58.6 Å². The van der Waals surface area contributed by atoms with Crippen molar-refractivity contribution in [2.45, 2.75) is 57.7 Å². The fourth-order valence-electron chi connectivity index (χ4n) is 2.90. The van der Waals surface area contributed by atoms with Crippen molar-refractivity contribution in [3.63, 3.8) is 0 Å². The van der Waals surface area contributed by atoms with Gasteiger partial charge in [-0.25, -0.2) is 0 Å². The van der Waals surface area contributed by atoms with Crippen LogP contribution >= 0.6 is 0 Å². The Hall–Kier alpha value is -0.610. The van der Waals surface area contributed by atoms with E-state index in [9.17, 15) is 9.90 Å². The van der Waals surface area contributed by atoms with E-state index in [4.69, 9.17) is 4.74 Å². The number of hydrogen-bond donors (Lipinski definition) is 2. The van der Waals surface area contributed by atoms with Gasteiger partial charge in [-0.05, 0) is 32.6 Å². The van der Waals surface area contributed by atoms with Crippen molar-refractivity contribution in [1.29, 1.82) is 0 Å². The summed E-state index contributed by atoms with van der Waals surface area (Å²) in [5.74, 6) is -0.00549. The summed E-state index contributed by atoms with van der Waals surface area (Å²) >= 11 is 0. The van der Waals surface area contributed by atoms with Gasteiger partial charge in [0, 0.05) is 12.0 Å². The maximum absolute atomic E-state index is 11.9. The molecule has 0 bridgehead atoms. The lowest BCUT2D eigenvalue weighted by Gasteiger charge is -2.27. The summed E-state index contributed by atoms with van der Waals surface area (Å²) in [6.45, 7) is 2.77. The molecule has 0 spiro atoms. The smallest absolute Gasteiger partial charge is 0.249 e. The van der Waals surface area contributed by atoms with E-state index in [1.54, 1.807) is 0 Å². The van der Waals surface area contributed by atoms with Crippen LogP contribution in [0.4, 0.5) is 0 Å². The first-order valence-electron chi connectivity index (χ1n) is 6.69. The largest absolute Gasteiger partial charge is 0.396 e. The van der Waals surface area contributed by atoms with Crippen molar-refractivity contribution in [1.82, 2.24) is 5.32 Å². The quantitative estimate of drug-likeness (QED) is 0.778. The van der Waals surface area contributed by atoms with Gasteiger partial charge in [0.25, 0.3) is 0 Å². The van der Waals surface area contributed by atoms with Crippen molar-refractivity contribution >= 4 is 5.91 Å². The summed E-state index contributed by atoms with van der Waals surface area (Å²) < 4.78 is 5.53. The highest BCUT2D eigenvalue weighted by Gasteiger charge is 2.35. The molecule has 2 atom stereocenters. The molecule has 1 saturated heterocycles. The number of carbonyl (C=O) groups excluding carboxylic acids is 1. The van der Waals surface area contributed by atoms with Crippen LogP contribution in [-0.2, 0) is 9.53 Å². The van der Waals surface area contributed by atoms with Crippen LogP contribution in [0.2, 0.25) is 0 Å². The molecule has 1 heterocycles. The highest BCUT2D eigenvalue weighted by Crippen LogP contribution is 2.37. The van der Waals surface area contributed by atoms with Crippen LogP contribution < -0.4 is 5.32 Å². The van der Waals surface area contributed by atoms with Gasteiger partial charge in [-0.3, -0.25) is 4.79 Å². The average Bonchev–Trinajstić information content (AvgIpc) is 2.95. The van der Waals surface area contributed by atoms with Crippen molar-refractivity contribution < 1.29 is 14.6 Å². The average molecular weight is 241 g/mol. The zero-order chi connectivity index (χ0) is 12.3. The summed E-state index contributed by atoms with van der Waals surface area (Å²) in [5.41, 5.74) is -0.0696. The van der Waals surface area contributed by atoms with E-state index >= 15 is 0 Å². The van der Waals surface area contributed by atoms with Gasteiger partial charge in [0.05, 0.1) is 12.7 Å². The van der Waals surface area contributed by atoms with Gasteiger partial charge in [-0.1, -0.05) is 12.8 Å². The highest BCUT2D eigenvalue weighted by molar-refractivity contribution is 5.81. The second kappa shape index (κ2) is 5.36. The fraction of sp³-hybridized carbons (Fsp3) is 0.923. The number of aliphatic hydroxyl groups excluding tert-OH is 1. The van der Waals surface area contributed by atoms with Crippen molar-refractivity contribution in [2.24, 2.45) is 5.41 Å². The molecular weight excluding hydrogens is 218 g/mol. The third-order valence-electron chi connectivity index (χ3n) is 4.16. The second-order valence-electron chi connectivity index (χ2n) is 5.60. The molecule has 17 heavy (non-hydrogen) atoms. The van der Waals surface area contributed by atoms with Gasteiger partial charge in [0.2, 0.25) is 5.91 Å². The molecule has 4 nitrogen and oxygen atoms in total. The molecule has 2 unspecified atom stereocenters. The summed E-state index contributed by atoms with van der Waals surface area (Å²) in [4.78, 5) is 11.9. The number of aliphatic hydroxyl groups is 1. The normalized spacial score (nSPS) is 31.6. The fourth-order valence-corrected chi connectivity index (χ4v) is 2.90. The molecule has 98 valence electrons. The summed E-state index contributed by atoms with van der Waals surface area (Å²) in [7, 11) is 0. The number of rotatable bonds is 4. The first-order valence-corrected chi connectivity index (χ1v) is 6.69. The van der Waals surface area contributed by atoms with Crippen LogP contribution in [-0.4, -0.2) is 36.4 Å². The Balaban J connectivity index is 1.79. The van der Waals surface area contributed by atoms with Gasteiger partial charge in [-0.2, -0.15) is 0 Å². The van der Waals surface area contributed by atoms with E-state index in [-0.39, 0.29) is 30.1 Å². The molecule has 1 aliphatic heterocycles.